The van der Waals surface area contributed by atoms with Gasteiger partial charge in [0.2, 0.25) is 0 Å². The first-order valence-electron chi connectivity index (χ1n) is 7.93. The van der Waals surface area contributed by atoms with Gasteiger partial charge in [0, 0.05) is 16.6 Å². The number of hydrogen-bond acceptors (Lipinski definition) is 5. The molecule has 24 heavy (non-hydrogen) atoms. The quantitative estimate of drug-likeness (QED) is 0.746. The van der Waals surface area contributed by atoms with Crippen LogP contribution in [0.3, 0.4) is 0 Å². The molecule has 0 saturated carbocycles. The molecule has 1 unspecified atom stereocenters. The molecule has 2 heterocycles. The number of likely N-dealkylation sites (tertiary alicyclic amines) is 1. The van der Waals surface area contributed by atoms with E-state index in [9.17, 15) is 4.79 Å². The number of aromatic nitrogens is 2. The highest BCUT2D eigenvalue weighted by Gasteiger charge is 2.36. The molecular weight excluding hydrogens is 374 g/mol. The van der Waals surface area contributed by atoms with Crippen molar-refractivity contribution >= 4 is 22.0 Å². The minimum atomic E-state index is -0.525. The van der Waals surface area contributed by atoms with E-state index in [2.05, 4.69) is 26.1 Å². The Morgan fingerprint density at radius 1 is 1.42 bits per heavy atom. The number of amides is 1. The highest BCUT2D eigenvalue weighted by molar-refractivity contribution is 9.10. The predicted molar refractivity (Wildman–Crippen MR) is 92.3 cm³/mol. The first kappa shape index (κ1) is 17.0. The van der Waals surface area contributed by atoms with Crippen molar-refractivity contribution in [2.24, 2.45) is 0 Å². The molecule has 1 saturated heterocycles. The van der Waals surface area contributed by atoms with Crippen LogP contribution in [-0.2, 0) is 4.74 Å². The summed E-state index contributed by atoms with van der Waals surface area (Å²) in [5, 5.41) is 4.08. The summed E-state index contributed by atoms with van der Waals surface area (Å²) in [7, 11) is 0. The lowest BCUT2D eigenvalue weighted by Gasteiger charge is -2.27. The van der Waals surface area contributed by atoms with E-state index >= 15 is 0 Å². The number of carbonyl (C=O) groups excluding carboxylic acids is 1. The van der Waals surface area contributed by atoms with Crippen LogP contribution in [0.5, 0.6) is 0 Å². The third kappa shape index (κ3) is 3.77. The molecule has 0 bridgehead atoms. The Bertz CT molecular complexity index is 739. The smallest absolute Gasteiger partial charge is 0.410 e. The number of ether oxygens (including phenoxy) is 1. The summed E-state index contributed by atoms with van der Waals surface area (Å²) in [6.45, 7) is 6.21. The van der Waals surface area contributed by atoms with Crippen molar-refractivity contribution in [1.82, 2.24) is 15.0 Å². The van der Waals surface area contributed by atoms with Gasteiger partial charge < -0.3 is 9.26 Å². The molecular formula is C17H20BrN3O3. The molecule has 1 aliphatic rings. The molecule has 6 nitrogen and oxygen atoms in total. The number of hydrogen-bond donors (Lipinski definition) is 0. The van der Waals surface area contributed by atoms with Crippen molar-refractivity contribution in [2.75, 3.05) is 6.54 Å². The van der Waals surface area contributed by atoms with Gasteiger partial charge in [0.15, 0.2) is 5.82 Å². The highest BCUT2D eigenvalue weighted by atomic mass is 79.9. The van der Waals surface area contributed by atoms with Crippen LogP contribution in [0.25, 0.3) is 11.5 Å². The predicted octanol–water partition coefficient (Wildman–Crippen LogP) is 4.57. The standard InChI is InChI=1S/C17H20BrN3O3/c1-17(2,3)23-16(22)21-9-5-8-13(21)14-19-15(24-20-14)11-6-4-7-12(18)10-11/h4,6-7,10,13H,5,8-9H2,1-3H3. The lowest BCUT2D eigenvalue weighted by molar-refractivity contribution is 0.0217. The molecule has 1 aromatic heterocycles. The molecule has 1 fully saturated rings. The summed E-state index contributed by atoms with van der Waals surface area (Å²) in [5.74, 6) is 0.968. The Morgan fingerprint density at radius 3 is 2.92 bits per heavy atom. The molecule has 1 atom stereocenters. The molecule has 7 heteroatoms. The molecule has 0 spiro atoms. The zero-order valence-electron chi connectivity index (χ0n) is 14.0. The average Bonchev–Trinajstić information content (AvgIpc) is 3.14. The second-order valence-electron chi connectivity index (χ2n) is 6.80. The van der Waals surface area contributed by atoms with Crippen molar-refractivity contribution in [1.29, 1.82) is 0 Å². The molecule has 1 aromatic carbocycles. The van der Waals surface area contributed by atoms with Crippen LogP contribution in [0.2, 0.25) is 0 Å². The molecule has 128 valence electrons. The monoisotopic (exact) mass is 393 g/mol. The van der Waals surface area contributed by atoms with Crippen molar-refractivity contribution in [2.45, 2.75) is 45.3 Å². The van der Waals surface area contributed by atoms with Crippen LogP contribution < -0.4 is 0 Å². The minimum absolute atomic E-state index is 0.204. The largest absolute Gasteiger partial charge is 0.444 e. The average molecular weight is 394 g/mol. The van der Waals surface area contributed by atoms with Gasteiger partial charge in [-0.2, -0.15) is 4.98 Å². The second-order valence-corrected chi connectivity index (χ2v) is 7.72. The number of halogens is 1. The first-order valence-corrected chi connectivity index (χ1v) is 8.72. The van der Waals surface area contributed by atoms with Crippen molar-refractivity contribution in [3.8, 4) is 11.5 Å². The van der Waals surface area contributed by atoms with Gasteiger partial charge in [-0.3, -0.25) is 4.90 Å². The fourth-order valence-electron chi connectivity index (χ4n) is 2.68. The van der Waals surface area contributed by atoms with Gasteiger partial charge in [-0.1, -0.05) is 27.2 Å². The summed E-state index contributed by atoms with van der Waals surface area (Å²) in [6.07, 6.45) is 1.36. The fourth-order valence-corrected chi connectivity index (χ4v) is 3.08. The topological polar surface area (TPSA) is 68.5 Å². The molecule has 0 aliphatic carbocycles. The second kappa shape index (κ2) is 6.55. The lowest BCUT2D eigenvalue weighted by atomic mass is 10.2. The fraction of sp³-hybridized carbons (Fsp3) is 0.471. The molecule has 2 aromatic rings. The number of nitrogens with zero attached hydrogens (tertiary/aromatic N) is 3. The van der Waals surface area contributed by atoms with E-state index in [1.807, 2.05) is 45.0 Å². The Hall–Kier alpha value is -1.89. The third-order valence-corrected chi connectivity index (χ3v) is 4.19. The Labute approximate surface area is 149 Å². The molecule has 3 rings (SSSR count). The molecule has 1 amide bonds. The summed E-state index contributed by atoms with van der Waals surface area (Å²) in [5.41, 5.74) is 0.313. The van der Waals surface area contributed by atoms with E-state index in [-0.39, 0.29) is 12.1 Å². The summed E-state index contributed by atoms with van der Waals surface area (Å²) in [4.78, 5) is 18.5. The van der Waals surface area contributed by atoms with E-state index in [0.717, 1.165) is 22.9 Å². The van der Waals surface area contributed by atoms with Gasteiger partial charge in [-0.15, -0.1) is 0 Å². The summed E-state index contributed by atoms with van der Waals surface area (Å²) >= 11 is 3.43. The zero-order chi connectivity index (χ0) is 17.3. The Morgan fingerprint density at radius 2 is 2.21 bits per heavy atom. The van der Waals surface area contributed by atoms with Gasteiger partial charge in [-0.25, -0.2) is 4.79 Å². The Balaban J connectivity index is 1.80. The molecule has 0 N–H and O–H groups in total. The lowest BCUT2D eigenvalue weighted by Crippen LogP contribution is -2.36. The molecule has 0 radical (unpaired) electrons. The number of carbonyl (C=O) groups is 1. The van der Waals surface area contributed by atoms with Gasteiger partial charge >= 0.3 is 6.09 Å². The van der Waals surface area contributed by atoms with E-state index in [1.165, 1.54) is 0 Å². The van der Waals surface area contributed by atoms with Crippen LogP contribution in [0.4, 0.5) is 4.79 Å². The molecule has 1 aliphatic heterocycles. The maximum Gasteiger partial charge on any atom is 0.410 e. The van der Waals surface area contributed by atoms with Crippen molar-refractivity contribution < 1.29 is 14.1 Å². The van der Waals surface area contributed by atoms with E-state index in [1.54, 1.807) is 4.90 Å². The van der Waals surface area contributed by atoms with Gasteiger partial charge in [0.25, 0.3) is 5.89 Å². The summed E-state index contributed by atoms with van der Waals surface area (Å²) in [6, 6.07) is 7.46. The van der Waals surface area contributed by atoms with Gasteiger partial charge in [-0.05, 0) is 51.8 Å². The van der Waals surface area contributed by atoms with Crippen LogP contribution in [0, 0.1) is 0 Å². The zero-order valence-corrected chi connectivity index (χ0v) is 15.5. The number of rotatable bonds is 2. The van der Waals surface area contributed by atoms with E-state index in [0.29, 0.717) is 18.3 Å². The SMILES string of the molecule is CC(C)(C)OC(=O)N1CCCC1c1noc(-c2cccc(Br)c2)n1. The first-order chi connectivity index (χ1) is 11.3. The summed E-state index contributed by atoms with van der Waals surface area (Å²) < 4.78 is 11.8. The van der Waals surface area contributed by atoms with Crippen molar-refractivity contribution in [3.63, 3.8) is 0 Å². The van der Waals surface area contributed by atoms with Gasteiger partial charge in [0.1, 0.15) is 5.60 Å². The van der Waals surface area contributed by atoms with Crippen molar-refractivity contribution in [3.05, 3.63) is 34.6 Å². The maximum absolute atomic E-state index is 12.4. The third-order valence-electron chi connectivity index (χ3n) is 3.69. The van der Waals surface area contributed by atoms with Crippen LogP contribution in [0.15, 0.2) is 33.3 Å². The highest BCUT2D eigenvalue weighted by Crippen LogP contribution is 2.33. The van der Waals surface area contributed by atoms with Crippen LogP contribution in [-0.4, -0.2) is 33.3 Å². The Kier molecular flexibility index (Phi) is 4.62. The van der Waals surface area contributed by atoms with E-state index < -0.39 is 5.60 Å². The number of benzene rings is 1. The van der Waals surface area contributed by atoms with Crippen LogP contribution in [0.1, 0.15) is 45.5 Å². The normalized spacial score (nSPS) is 18.0. The van der Waals surface area contributed by atoms with E-state index in [4.69, 9.17) is 9.26 Å². The minimum Gasteiger partial charge on any atom is -0.444 e. The van der Waals surface area contributed by atoms with Gasteiger partial charge in [0.05, 0.1) is 6.04 Å². The van der Waals surface area contributed by atoms with Crippen LogP contribution >= 0.6 is 15.9 Å². The maximum atomic E-state index is 12.4.